The molecule has 0 bridgehead atoms. The van der Waals surface area contributed by atoms with Crippen molar-refractivity contribution in [1.82, 2.24) is 9.03 Å². The van der Waals surface area contributed by atoms with Crippen LogP contribution < -0.4 is 4.72 Å². The number of aryl methyl sites for hydroxylation is 2. The molecular formula is C22H26N2O7S2. The molecule has 1 amide bonds. The maximum Gasteiger partial charge on any atom is 0.324 e. The van der Waals surface area contributed by atoms with Crippen molar-refractivity contribution < 1.29 is 31.2 Å². The zero-order valence-corrected chi connectivity index (χ0v) is 20.4. The van der Waals surface area contributed by atoms with Gasteiger partial charge in [-0.15, -0.1) is 0 Å². The molecule has 0 aliphatic carbocycles. The van der Waals surface area contributed by atoms with Crippen molar-refractivity contribution in [1.29, 1.82) is 0 Å². The zero-order valence-electron chi connectivity index (χ0n) is 18.7. The summed E-state index contributed by atoms with van der Waals surface area (Å²) in [6.45, 7) is 6.16. The first kappa shape index (κ1) is 24.9. The average Bonchev–Trinajstić information content (AvgIpc) is 2.94. The number of carbonyl (C=O) groups is 2. The molecule has 1 aliphatic rings. The van der Waals surface area contributed by atoms with Crippen LogP contribution in [0.2, 0.25) is 0 Å². The van der Waals surface area contributed by atoms with Gasteiger partial charge in [0.05, 0.1) is 17.0 Å². The minimum Gasteiger partial charge on any atom is -0.463 e. The van der Waals surface area contributed by atoms with Crippen molar-refractivity contribution >= 4 is 31.9 Å². The monoisotopic (exact) mass is 494 g/mol. The molecular weight excluding hydrogens is 468 g/mol. The number of rotatable bonds is 8. The summed E-state index contributed by atoms with van der Waals surface area (Å²) in [6.07, 6.45) is 0. The van der Waals surface area contributed by atoms with Gasteiger partial charge in [0.15, 0.2) is 0 Å². The van der Waals surface area contributed by atoms with Crippen molar-refractivity contribution in [2.24, 2.45) is 5.92 Å². The van der Waals surface area contributed by atoms with E-state index in [0.717, 1.165) is 11.1 Å². The number of hydrogen-bond acceptors (Lipinski definition) is 7. The van der Waals surface area contributed by atoms with Gasteiger partial charge in [0.1, 0.15) is 17.5 Å². The molecule has 1 atom stereocenters. The van der Waals surface area contributed by atoms with Crippen LogP contribution >= 0.6 is 0 Å². The second-order valence-electron chi connectivity index (χ2n) is 8.14. The Bertz CT molecular complexity index is 1300. The quantitative estimate of drug-likeness (QED) is 0.556. The Hall–Kier alpha value is -2.76. The molecule has 1 N–H and O–H groups in total. The van der Waals surface area contributed by atoms with E-state index in [0.29, 0.717) is 4.31 Å². The number of ether oxygens (including phenoxy) is 1. The second-order valence-corrected chi connectivity index (χ2v) is 11.7. The van der Waals surface area contributed by atoms with Crippen LogP contribution in [0.5, 0.6) is 0 Å². The van der Waals surface area contributed by atoms with Crippen LogP contribution in [0.3, 0.4) is 0 Å². The number of benzene rings is 2. The standard InChI is InChI=1S/C22H26N2O7S2/c1-14(2)20(23-32(27,28)17-10-9-15(3)16(4)13-17)22(26)31-12-11-24-21(25)18-7-5-6-8-19(18)33(24,29)30/h5-10,13-14,20,23H,11-12H2,1-4H3/t20-/m1/s1. The third-order valence-electron chi connectivity index (χ3n) is 5.44. The highest BCUT2D eigenvalue weighted by Crippen LogP contribution is 2.29. The van der Waals surface area contributed by atoms with Gasteiger partial charge >= 0.3 is 5.97 Å². The molecule has 178 valence electrons. The molecule has 11 heteroatoms. The summed E-state index contributed by atoms with van der Waals surface area (Å²) in [5.41, 5.74) is 1.78. The summed E-state index contributed by atoms with van der Waals surface area (Å²) < 4.78 is 59.0. The van der Waals surface area contributed by atoms with E-state index < -0.39 is 50.5 Å². The van der Waals surface area contributed by atoms with Gasteiger partial charge < -0.3 is 4.74 Å². The minimum atomic E-state index is -4.02. The van der Waals surface area contributed by atoms with Crippen LogP contribution in [0.1, 0.15) is 35.3 Å². The lowest BCUT2D eigenvalue weighted by molar-refractivity contribution is -0.146. The van der Waals surface area contributed by atoms with Crippen LogP contribution in [0.25, 0.3) is 0 Å². The summed E-state index contributed by atoms with van der Waals surface area (Å²) in [7, 11) is -8.03. The smallest absolute Gasteiger partial charge is 0.324 e. The van der Waals surface area contributed by atoms with E-state index in [1.807, 2.05) is 6.92 Å². The molecule has 0 spiro atoms. The molecule has 0 saturated heterocycles. The van der Waals surface area contributed by atoms with Gasteiger partial charge in [-0.05, 0) is 55.2 Å². The average molecular weight is 495 g/mol. The van der Waals surface area contributed by atoms with Gasteiger partial charge in [-0.25, -0.2) is 21.1 Å². The first-order chi connectivity index (χ1) is 15.4. The van der Waals surface area contributed by atoms with Crippen molar-refractivity contribution in [3.8, 4) is 0 Å². The number of esters is 1. The van der Waals surface area contributed by atoms with Gasteiger partial charge in [0.25, 0.3) is 15.9 Å². The molecule has 3 rings (SSSR count). The van der Waals surface area contributed by atoms with Crippen LogP contribution in [-0.2, 0) is 29.6 Å². The largest absolute Gasteiger partial charge is 0.463 e. The lowest BCUT2D eigenvalue weighted by Crippen LogP contribution is -2.46. The maximum atomic E-state index is 12.8. The van der Waals surface area contributed by atoms with E-state index >= 15 is 0 Å². The molecule has 0 unspecified atom stereocenters. The predicted octanol–water partition coefficient (Wildman–Crippen LogP) is 1.99. The highest BCUT2D eigenvalue weighted by Gasteiger charge is 2.41. The Morgan fingerprint density at radius 2 is 1.76 bits per heavy atom. The van der Waals surface area contributed by atoms with Gasteiger partial charge in [0.2, 0.25) is 10.0 Å². The Labute approximate surface area is 193 Å². The van der Waals surface area contributed by atoms with Crippen LogP contribution in [-0.4, -0.2) is 52.2 Å². The minimum absolute atomic E-state index is 0.0237. The van der Waals surface area contributed by atoms with Crippen molar-refractivity contribution in [3.05, 3.63) is 59.2 Å². The second kappa shape index (κ2) is 9.24. The summed E-state index contributed by atoms with van der Waals surface area (Å²) in [5.74, 6) is -2.00. The number of hydrogen-bond donors (Lipinski definition) is 1. The number of sulfonamides is 2. The van der Waals surface area contributed by atoms with Gasteiger partial charge in [-0.1, -0.05) is 32.0 Å². The lowest BCUT2D eigenvalue weighted by Gasteiger charge is -2.22. The Kier molecular flexibility index (Phi) is 6.96. The third-order valence-corrected chi connectivity index (χ3v) is 8.72. The molecule has 33 heavy (non-hydrogen) atoms. The molecule has 0 saturated carbocycles. The third kappa shape index (κ3) is 4.94. The first-order valence-corrected chi connectivity index (χ1v) is 13.2. The molecule has 0 fully saturated rings. The number of nitrogens with one attached hydrogen (secondary N) is 1. The first-order valence-electron chi connectivity index (χ1n) is 10.3. The van der Waals surface area contributed by atoms with Crippen molar-refractivity contribution in [2.75, 3.05) is 13.2 Å². The fourth-order valence-corrected chi connectivity index (χ4v) is 6.31. The van der Waals surface area contributed by atoms with Crippen molar-refractivity contribution in [2.45, 2.75) is 43.5 Å². The zero-order chi connectivity index (χ0) is 24.6. The summed E-state index contributed by atoms with van der Waals surface area (Å²) in [6, 6.07) is 9.28. The van der Waals surface area contributed by atoms with Crippen molar-refractivity contribution in [3.63, 3.8) is 0 Å². The molecule has 2 aromatic carbocycles. The molecule has 1 aliphatic heterocycles. The Balaban J connectivity index is 1.68. The normalized spacial score (nSPS) is 16.0. The highest BCUT2D eigenvalue weighted by atomic mass is 32.2. The molecule has 0 radical (unpaired) electrons. The van der Waals surface area contributed by atoms with E-state index in [1.54, 1.807) is 32.9 Å². The Morgan fingerprint density at radius 1 is 1.09 bits per heavy atom. The summed E-state index contributed by atoms with van der Waals surface area (Å²) in [5, 5.41) is 0. The fourth-order valence-electron chi connectivity index (χ4n) is 3.34. The maximum absolute atomic E-state index is 12.8. The number of nitrogens with zero attached hydrogens (tertiary/aromatic N) is 1. The van der Waals surface area contributed by atoms with Crippen LogP contribution in [0.4, 0.5) is 0 Å². The molecule has 1 heterocycles. The number of fused-ring (bicyclic) bond motifs is 1. The van der Waals surface area contributed by atoms with E-state index in [-0.39, 0.29) is 21.9 Å². The van der Waals surface area contributed by atoms with E-state index in [1.165, 1.54) is 30.3 Å². The van der Waals surface area contributed by atoms with Gasteiger partial charge in [-0.2, -0.15) is 4.72 Å². The summed E-state index contributed by atoms with van der Waals surface area (Å²) >= 11 is 0. The SMILES string of the molecule is Cc1ccc(S(=O)(=O)N[C@@H](C(=O)OCCN2C(=O)c3ccccc3S2(=O)=O)C(C)C)cc1C. The highest BCUT2D eigenvalue weighted by molar-refractivity contribution is 7.90. The van der Waals surface area contributed by atoms with E-state index in [9.17, 15) is 26.4 Å². The predicted molar refractivity (Wildman–Crippen MR) is 120 cm³/mol. The fraction of sp³-hybridized carbons (Fsp3) is 0.364. The Morgan fingerprint density at radius 3 is 2.36 bits per heavy atom. The lowest BCUT2D eigenvalue weighted by atomic mass is 10.1. The molecule has 9 nitrogen and oxygen atoms in total. The molecule has 0 aromatic heterocycles. The van der Waals surface area contributed by atoms with Gasteiger partial charge in [-0.3, -0.25) is 9.59 Å². The van der Waals surface area contributed by atoms with Crippen LogP contribution in [0.15, 0.2) is 52.3 Å². The summed E-state index contributed by atoms with van der Waals surface area (Å²) in [4.78, 5) is 25.0. The van der Waals surface area contributed by atoms with E-state index in [2.05, 4.69) is 4.72 Å². The van der Waals surface area contributed by atoms with E-state index in [4.69, 9.17) is 4.74 Å². The van der Waals surface area contributed by atoms with Crippen LogP contribution in [0, 0.1) is 19.8 Å². The molecule has 2 aromatic rings. The number of carbonyl (C=O) groups excluding carboxylic acids is 2. The topological polar surface area (TPSA) is 127 Å². The number of amides is 1. The van der Waals surface area contributed by atoms with Gasteiger partial charge in [0, 0.05) is 0 Å².